The zero-order chi connectivity index (χ0) is 11.0. The smallest absolute Gasteiger partial charge is 0.337 e. The molecule has 0 amide bonds. The molecule has 0 unspecified atom stereocenters. The van der Waals surface area contributed by atoms with Gasteiger partial charge in [-0.15, -0.1) is 0 Å². The Morgan fingerprint density at radius 1 is 1.60 bits per heavy atom. The first-order chi connectivity index (χ1) is 7.11. The van der Waals surface area contributed by atoms with E-state index in [1.54, 1.807) is 0 Å². The second-order valence-corrected chi connectivity index (χ2v) is 2.82. The van der Waals surface area contributed by atoms with Gasteiger partial charge in [0.1, 0.15) is 0 Å². The molecule has 15 heavy (non-hydrogen) atoms. The van der Waals surface area contributed by atoms with Crippen LogP contribution < -0.4 is 0 Å². The summed E-state index contributed by atoms with van der Waals surface area (Å²) in [7, 11) is 0. The van der Waals surface area contributed by atoms with Gasteiger partial charge in [0.25, 0.3) is 0 Å². The SMILES string of the molecule is O=C(O)c1ccnc2c([N+](=O)[O-])c[nH]c12. The fraction of sp³-hybridized carbons (Fsp3) is 0. The molecular formula is C8H5N3O4. The van der Waals surface area contributed by atoms with Crippen LogP contribution in [0.2, 0.25) is 0 Å². The summed E-state index contributed by atoms with van der Waals surface area (Å²) >= 11 is 0. The van der Waals surface area contributed by atoms with Crippen LogP contribution in [0.5, 0.6) is 0 Å². The number of pyridine rings is 1. The lowest BCUT2D eigenvalue weighted by Crippen LogP contribution is -1.98. The highest BCUT2D eigenvalue weighted by Crippen LogP contribution is 2.24. The first-order valence-electron chi connectivity index (χ1n) is 3.95. The molecule has 7 nitrogen and oxygen atoms in total. The maximum atomic E-state index is 10.8. The number of aromatic carboxylic acids is 1. The fourth-order valence-electron chi connectivity index (χ4n) is 1.33. The summed E-state index contributed by atoms with van der Waals surface area (Å²) in [4.78, 5) is 27.0. The molecule has 2 rings (SSSR count). The minimum absolute atomic E-state index is 0.0342. The Bertz CT molecular complexity index is 560. The molecule has 0 fully saturated rings. The molecule has 76 valence electrons. The molecule has 0 saturated heterocycles. The molecule has 0 bridgehead atoms. The number of nitrogens with zero attached hydrogens (tertiary/aromatic N) is 2. The quantitative estimate of drug-likeness (QED) is 0.567. The van der Waals surface area contributed by atoms with Gasteiger partial charge in [0.2, 0.25) is 0 Å². The molecule has 2 heterocycles. The Hall–Kier alpha value is -2.44. The summed E-state index contributed by atoms with van der Waals surface area (Å²) in [6, 6.07) is 1.28. The van der Waals surface area contributed by atoms with Gasteiger partial charge in [-0.2, -0.15) is 0 Å². The Kier molecular flexibility index (Phi) is 1.86. The van der Waals surface area contributed by atoms with Gasteiger partial charge in [-0.25, -0.2) is 9.78 Å². The van der Waals surface area contributed by atoms with Crippen molar-refractivity contribution >= 4 is 22.7 Å². The summed E-state index contributed by atoms with van der Waals surface area (Å²) in [5, 5.41) is 19.4. The van der Waals surface area contributed by atoms with Crippen LogP contribution in [0.3, 0.4) is 0 Å². The van der Waals surface area contributed by atoms with Gasteiger partial charge < -0.3 is 10.1 Å². The third kappa shape index (κ3) is 1.30. The largest absolute Gasteiger partial charge is 0.478 e. The van der Waals surface area contributed by atoms with Gasteiger partial charge in [-0.3, -0.25) is 10.1 Å². The second-order valence-electron chi connectivity index (χ2n) is 2.82. The average Bonchev–Trinajstić information content (AvgIpc) is 2.59. The van der Waals surface area contributed by atoms with Gasteiger partial charge in [0.15, 0.2) is 5.52 Å². The van der Waals surface area contributed by atoms with E-state index in [4.69, 9.17) is 5.11 Å². The van der Waals surface area contributed by atoms with Crippen molar-refractivity contribution in [3.05, 3.63) is 34.1 Å². The third-order valence-electron chi connectivity index (χ3n) is 1.97. The van der Waals surface area contributed by atoms with E-state index in [1.165, 1.54) is 12.3 Å². The summed E-state index contributed by atoms with van der Waals surface area (Å²) < 4.78 is 0. The molecule has 2 aromatic heterocycles. The van der Waals surface area contributed by atoms with Crippen LogP contribution in [-0.2, 0) is 0 Å². The Morgan fingerprint density at radius 3 is 2.93 bits per heavy atom. The molecule has 0 saturated carbocycles. The number of nitrogens with one attached hydrogen (secondary N) is 1. The van der Waals surface area contributed by atoms with Crippen LogP contribution in [-0.4, -0.2) is 26.0 Å². The number of H-pyrrole nitrogens is 1. The standard InChI is InChI=1S/C8H5N3O4/c12-8(13)4-1-2-9-7-5(11(14)15)3-10-6(4)7/h1-3,10H,(H,12,13). The van der Waals surface area contributed by atoms with Crippen LogP contribution >= 0.6 is 0 Å². The van der Waals surface area contributed by atoms with E-state index < -0.39 is 10.9 Å². The van der Waals surface area contributed by atoms with Crippen LogP contribution in [0.25, 0.3) is 11.0 Å². The highest BCUT2D eigenvalue weighted by molar-refractivity contribution is 6.03. The monoisotopic (exact) mass is 207 g/mol. The maximum absolute atomic E-state index is 10.8. The van der Waals surface area contributed by atoms with Gasteiger partial charge >= 0.3 is 11.7 Å². The Balaban J connectivity index is 2.80. The van der Waals surface area contributed by atoms with Crippen molar-refractivity contribution in [2.24, 2.45) is 0 Å². The lowest BCUT2D eigenvalue weighted by atomic mass is 10.2. The number of carboxylic acids is 1. The van der Waals surface area contributed by atoms with Crippen LogP contribution in [0.4, 0.5) is 5.69 Å². The normalized spacial score (nSPS) is 10.4. The number of carbonyl (C=O) groups is 1. The lowest BCUT2D eigenvalue weighted by Gasteiger charge is -1.94. The first-order valence-corrected chi connectivity index (χ1v) is 3.95. The molecule has 2 aromatic rings. The number of nitro groups is 1. The number of rotatable bonds is 2. The molecular weight excluding hydrogens is 202 g/mol. The van der Waals surface area contributed by atoms with Crippen molar-refractivity contribution in [2.75, 3.05) is 0 Å². The molecule has 0 aliphatic rings. The zero-order valence-electron chi connectivity index (χ0n) is 7.30. The zero-order valence-corrected chi connectivity index (χ0v) is 7.30. The van der Waals surface area contributed by atoms with E-state index in [1.807, 2.05) is 0 Å². The highest BCUT2D eigenvalue weighted by atomic mass is 16.6. The van der Waals surface area contributed by atoms with Crippen molar-refractivity contribution in [3.63, 3.8) is 0 Å². The summed E-state index contributed by atoms with van der Waals surface area (Å²) in [6.45, 7) is 0. The summed E-state index contributed by atoms with van der Waals surface area (Å²) in [6.07, 6.45) is 2.36. The topological polar surface area (TPSA) is 109 Å². The molecule has 0 aliphatic heterocycles. The van der Waals surface area contributed by atoms with Gasteiger partial charge in [0.05, 0.1) is 22.2 Å². The predicted octanol–water partition coefficient (Wildman–Crippen LogP) is 1.17. The van der Waals surface area contributed by atoms with Crippen LogP contribution in [0, 0.1) is 10.1 Å². The van der Waals surface area contributed by atoms with Crippen molar-refractivity contribution in [1.82, 2.24) is 9.97 Å². The minimum atomic E-state index is -1.15. The second kappa shape index (κ2) is 3.05. The van der Waals surface area contributed by atoms with Gasteiger partial charge in [0, 0.05) is 6.20 Å². The number of carboxylic acid groups (broad SMARTS) is 1. The first kappa shape index (κ1) is 9.13. The van der Waals surface area contributed by atoms with Crippen LogP contribution in [0.15, 0.2) is 18.5 Å². The van der Waals surface area contributed by atoms with Crippen molar-refractivity contribution in [1.29, 1.82) is 0 Å². The van der Waals surface area contributed by atoms with Gasteiger partial charge in [-0.1, -0.05) is 0 Å². The molecule has 2 N–H and O–H groups in total. The van der Waals surface area contributed by atoms with E-state index in [0.29, 0.717) is 0 Å². The predicted molar refractivity (Wildman–Crippen MR) is 49.7 cm³/mol. The number of aromatic nitrogens is 2. The van der Waals surface area contributed by atoms with E-state index in [9.17, 15) is 14.9 Å². The molecule has 0 spiro atoms. The van der Waals surface area contributed by atoms with E-state index in [-0.39, 0.29) is 22.3 Å². The summed E-state index contributed by atoms with van der Waals surface area (Å²) in [5.41, 5.74) is -0.0437. The van der Waals surface area contributed by atoms with Gasteiger partial charge in [-0.05, 0) is 6.07 Å². The lowest BCUT2D eigenvalue weighted by molar-refractivity contribution is -0.383. The third-order valence-corrected chi connectivity index (χ3v) is 1.97. The van der Waals surface area contributed by atoms with E-state index in [2.05, 4.69) is 9.97 Å². The van der Waals surface area contributed by atoms with Crippen molar-refractivity contribution < 1.29 is 14.8 Å². The molecule has 0 aliphatic carbocycles. The molecule has 0 aromatic carbocycles. The van der Waals surface area contributed by atoms with Crippen molar-refractivity contribution in [3.8, 4) is 0 Å². The van der Waals surface area contributed by atoms with Crippen LogP contribution in [0.1, 0.15) is 10.4 Å². The fourth-order valence-corrected chi connectivity index (χ4v) is 1.33. The van der Waals surface area contributed by atoms with E-state index >= 15 is 0 Å². The molecule has 0 radical (unpaired) electrons. The Morgan fingerprint density at radius 2 is 2.33 bits per heavy atom. The number of hydrogen-bond acceptors (Lipinski definition) is 4. The number of fused-ring (bicyclic) bond motifs is 1. The minimum Gasteiger partial charge on any atom is -0.478 e. The average molecular weight is 207 g/mol. The Labute approximate surface area is 82.5 Å². The summed E-state index contributed by atoms with van der Waals surface area (Å²) in [5.74, 6) is -1.15. The highest BCUT2D eigenvalue weighted by Gasteiger charge is 2.19. The molecule has 0 atom stereocenters. The maximum Gasteiger partial charge on any atom is 0.337 e. The number of hydrogen-bond donors (Lipinski definition) is 2. The van der Waals surface area contributed by atoms with Crippen molar-refractivity contribution in [2.45, 2.75) is 0 Å². The number of aromatic amines is 1. The molecule has 7 heteroatoms. The van der Waals surface area contributed by atoms with E-state index in [0.717, 1.165) is 6.20 Å².